The zero-order valence-corrected chi connectivity index (χ0v) is 10.8. The van der Waals surface area contributed by atoms with Gasteiger partial charge in [0.05, 0.1) is 0 Å². The van der Waals surface area contributed by atoms with Gasteiger partial charge in [0.2, 0.25) is 5.78 Å². The number of rotatable bonds is 1. The maximum atomic E-state index is 12.5. The van der Waals surface area contributed by atoms with E-state index in [9.17, 15) is 9.90 Å². The molecule has 0 aromatic heterocycles. The average molecular weight is 271 g/mol. The third-order valence-corrected chi connectivity index (χ3v) is 3.59. The van der Waals surface area contributed by atoms with Gasteiger partial charge in [-0.05, 0) is 29.3 Å². The lowest BCUT2D eigenvalue weighted by atomic mass is 9.80. The summed E-state index contributed by atoms with van der Waals surface area (Å²) in [6, 6.07) is 13.9. The van der Waals surface area contributed by atoms with Gasteiger partial charge >= 0.3 is 0 Å². The first-order chi connectivity index (χ1) is 9.11. The molecule has 0 bridgehead atoms. The molecule has 0 amide bonds. The van der Waals surface area contributed by atoms with Crippen LogP contribution < -0.4 is 0 Å². The minimum atomic E-state index is -1.61. The van der Waals surface area contributed by atoms with Crippen molar-refractivity contribution in [1.29, 1.82) is 0 Å². The highest BCUT2D eigenvalue weighted by molar-refractivity contribution is 6.30. The van der Waals surface area contributed by atoms with Crippen LogP contribution in [0.3, 0.4) is 0 Å². The van der Waals surface area contributed by atoms with Crippen molar-refractivity contribution in [3.63, 3.8) is 0 Å². The van der Waals surface area contributed by atoms with E-state index < -0.39 is 5.60 Å². The van der Waals surface area contributed by atoms with Gasteiger partial charge in [-0.2, -0.15) is 0 Å². The maximum Gasteiger partial charge on any atom is 0.203 e. The van der Waals surface area contributed by atoms with Gasteiger partial charge < -0.3 is 5.11 Å². The van der Waals surface area contributed by atoms with Gasteiger partial charge in [0.1, 0.15) is 0 Å². The second-order valence-electron chi connectivity index (χ2n) is 4.52. The van der Waals surface area contributed by atoms with Crippen LogP contribution in [0.2, 0.25) is 5.02 Å². The molecule has 0 heterocycles. The fraction of sp³-hybridized carbons (Fsp3) is 0.0625. The predicted molar refractivity (Wildman–Crippen MR) is 75.2 cm³/mol. The molecule has 94 valence electrons. The monoisotopic (exact) mass is 270 g/mol. The number of carbonyl (C=O) groups is 1. The third kappa shape index (κ3) is 1.89. The lowest BCUT2D eigenvalue weighted by Crippen LogP contribution is -2.35. The van der Waals surface area contributed by atoms with Gasteiger partial charge in [-0.3, -0.25) is 4.79 Å². The molecule has 1 N–H and O–H groups in total. The van der Waals surface area contributed by atoms with Crippen molar-refractivity contribution in [2.75, 3.05) is 0 Å². The SMILES string of the molecule is O=C1c2ccccc2C=CC1(O)c1ccc(Cl)cc1. The Morgan fingerprint density at radius 3 is 2.42 bits per heavy atom. The summed E-state index contributed by atoms with van der Waals surface area (Å²) >= 11 is 5.83. The highest BCUT2D eigenvalue weighted by Gasteiger charge is 2.38. The Morgan fingerprint density at radius 1 is 1.00 bits per heavy atom. The lowest BCUT2D eigenvalue weighted by Gasteiger charge is -2.27. The van der Waals surface area contributed by atoms with Crippen LogP contribution in [-0.2, 0) is 5.60 Å². The maximum absolute atomic E-state index is 12.5. The molecule has 0 aliphatic heterocycles. The van der Waals surface area contributed by atoms with Crippen LogP contribution in [-0.4, -0.2) is 10.9 Å². The molecule has 2 nitrogen and oxygen atoms in total. The van der Waals surface area contributed by atoms with Crippen LogP contribution in [0.1, 0.15) is 21.5 Å². The van der Waals surface area contributed by atoms with Gasteiger partial charge in [0.25, 0.3) is 0 Å². The van der Waals surface area contributed by atoms with E-state index in [0.717, 1.165) is 5.56 Å². The van der Waals surface area contributed by atoms with E-state index in [1.54, 1.807) is 42.5 Å². The van der Waals surface area contributed by atoms with Crippen LogP contribution in [0.5, 0.6) is 0 Å². The fourth-order valence-corrected chi connectivity index (χ4v) is 2.40. The second-order valence-corrected chi connectivity index (χ2v) is 4.96. The largest absolute Gasteiger partial charge is 0.373 e. The fourth-order valence-electron chi connectivity index (χ4n) is 2.27. The second kappa shape index (κ2) is 4.34. The minimum Gasteiger partial charge on any atom is -0.373 e. The quantitative estimate of drug-likeness (QED) is 0.862. The van der Waals surface area contributed by atoms with E-state index in [-0.39, 0.29) is 5.78 Å². The molecular formula is C16H11ClO2. The van der Waals surface area contributed by atoms with Crippen LogP contribution in [0.15, 0.2) is 54.6 Å². The Kier molecular flexibility index (Phi) is 2.77. The van der Waals surface area contributed by atoms with Gasteiger partial charge in [-0.25, -0.2) is 0 Å². The summed E-state index contributed by atoms with van der Waals surface area (Å²) in [6.07, 6.45) is 3.30. The molecule has 0 radical (unpaired) electrons. The van der Waals surface area contributed by atoms with Crippen molar-refractivity contribution in [2.45, 2.75) is 5.60 Å². The topological polar surface area (TPSA) is 37.3 Å². The molecule has 1 unspecified atom stereocenters. The summed E-state index contributed by atoms with van der Waals surface area (Å²) in [7, 11) is 0. The molecule has 0 saturated carbocycles. The third-order valence-electron chi connectivity index (χ3n) is 3.34. The zero-order chi connectivity index (χ0) is 13.5. The molecule has 2 aromatic carbocycles. The van der Waals surface area contributed by atoms with E-state index in [2.05, 4.69) is 0 Å². The van der Waals surface area contributed by atoms with Gasteiger partial charge in [0, 0.05) is 10.6 Å². The molecule has 2 aromatic rings. The summed E-state index contributed by atoms with van der Waals surface area (Å²) < 4.78 is 0. The molecule has 0 fully saturated rings. The first kappa shape index (κ1) is 12.2. The number of fused-ring (bicyclic) bond motifs is 1. The number of Topliss-reactive ketones (excluding diaryl/α,β-unsaturated/α-hetero) is 1. The Hall–Kier alpha value is -1.90. The van der Waals surface area contributed by atoms with Crippen molar-refractivity contribution in [3.05, 3.63) is 76.3 Å². The summed E-state index contributed by atoms with van der Waals surface area (Å²) in [4.78, 5) is 12.5. The Morgan fingerprint density at radius 2 is 1.68 bits per heavy atom. The lowest BCUT2D eigenvalue weighted by molar-refractivity contribution is 0.0515. The number of aliphatic hydroxyl groups is 1. The molecule has 3 rings (SSSR count). The van der Waals surface area contributed by atoms with Crippen molar-refractivity contribution >= 4 is 23.5 Å². The van der Waals surface area contributed by atoms with Crippen molar-refractivity contribution in [3.8, 4) is 0 Å². The Balaban J connectivity index is 2.13. The normalized spacial score (nSPS) is 21.3. The Bertz CT molecular complexity index is 673. The highest BCUT2D eigenvalue weighted by Crippen LogP contribution is 2.34. The van der Waals surface area contributed by atoms with E-state index in [0.29, 0.717) is 16.1 Å². The highest BCUT2D eigenvalue weighted by atomic mass is 35.5. The molecular weight excluding hydrogens is 260 g/mol. The van der Waals surface area contributed by atoms with Crippen LogP contribution in [0, 0.1) is 0 Å². The number of hydrogen-bond acceptors (Lipinski definition) is 2. The van der Waals surface area contributed by atoms with Crippen molar-refractivity contribution < 1.29 is 9.90 Å². The first-order valence-electron chi connectivity index (χ1n) is 5.93. The average Bonchev–Trinajstić information content (AvgIpc) is 2.44. The number of hydrogen-bond donors (Lipinski definition) is 1. The van der Waals surface area contributed by atoms with Gasteiger partial charge in [-0.15, -0.1) is 0 Å². The van der Waals surface area contributed by atoms with E-state index in [4.69, 9.17) is 11.6 Å². The van der Waals surface area contributed by atoms with Crippen molar-refractivity contribution in [2.24, 2.45) is 0 Å². The van der Waals surface area contributed by atoms with Crippen LogP contribution in [0.25, 0.3) is 6.08 Å². The van der Waals surface area contributed by atoms with Crippen LogP contribution in [0.4, 0.5) is 0 Å². The predicted octanol–water partition coefficient (Wildman–Crippen LogP) is 3.44. The Labute approximate surface area is 116 Å². The molecule has 0 saturated heterocycles. The van der Waals surface area contributed by atoms with Gasteiger partial charge in [-0.1, -0.05) is 54.1 Å². The van der Waals surface area contributed by atoms with Gasteiger partial charge in [0.15, 0.2) is 5.60 Å². The molecule has 19 heavy (non-hydrogen) atoms. The number of halogens is 1. The molecule has 1 atom stereocenters. The number of carbonyl (C=O) groups excluding carboxylic acids is 1. The van der Waals surface area contributed by atoms with E-state index >= 15 is 0 Å². The zero-order valence-electron chi connectivity index (χ0n) is 10.0. The molecule has 1 aliphatic rings. The number of ketones is 1. The standard InChI is InChI=1S/C16H11ClO2/c17-13-7-5-12(6-8-13)16(19)10-9-11-3-1-2-4-14(11)15(16)18/h1-10,19H. The van der Waals surface area contributed by atoms with Crippen molar-refractivity contribution in [1.82, 2.24) is 0 Å². The summed E-state index contributed by atoms with van der Waals surface area (Å²) in [5.74, 6) is -0.312. The minimum absolute atomic E-state index is 0.312. The summed E-state index contributed by atoms with van der Waals surface area (Å²) in [5.41, 5.74) is 0.264. The van der Waals surface area contributed by atoms with Crippen LogP contribution >= 0.6 is 11.6 Å². The molecule has 3 heteroatoms. The summed E-state index contributed by atoms with van der Waals surface area (Å²) in [5, 5.41) is 11.2. The molecule has 0 spiro atoms. The first-order valence-corrected chi connectivity index (χ1v) is 6.30. The molecule has 1 aliphatic carbocycles. The smallest absolute Gasteiger partial charge is 0.203 e. The number of benzene rings is 2. The summed E-state index contributed by atoms with van der Waals surface area (Å²) in [6.45, 7) is 0. The van der Waals surface area contributed by atoms with E-state index in [1.165, 1.54) is 6.08 Å². The van der Waals surface area contributed by atoms with E-state index in [1.807, 2.05) is 12.1 Å².